The quantitative estimate of drug-likeness (QED) is 0.775. The van der Waals surface area contributed by atoms with Gasteiger partial charge in [-0.1, -0.05) is 17.3 Å². The minimum Gasteiger partial charge on any atom is -0.493 e. The molecule has 0 saturated carbocycles. The average molecular weight is 315 g/mol. The molecule has 0 fully saturated rings. The van der Waals surface area contributed by atoms with Gasteiger partial charge in [0, 0.05) is 11.8 Å². The van der Waals surface area contributed by atoms with Gasteiger partial charge in [-0.2, -0.15) is 4.98 Å². The Morgan fingerprint density at radius 3 is 2.57 bits per heavy atom. The van der Waals surface area contributed by atoms with Crippen molar-refractivity contribution in [3.05, 3.63) is 48.3 Å². The fraction of sp³-hybridized carbons (Fsp3) is 0.125. The summed E-state index contributed by atoms with van der Waals surface area (Å²) in [4.78, 5) is 4.13. The molecule has 1 N–H and O–H groups in total. The molecule has 3 aromatic rings. The first kappa shape index (κ1) is 14.8. The average Bonchev–Trinajstić information content (AvgIpc) is 3.03. The molecule has 1 aromatic heterocycles. The number of rotatable bonds is 5. The highest BCUT2D eigenvalue weighted by Crippen LogP contribution is 2.31. The summed E-state index contributed by atoms with van der Waals surface area (Å²) in [5, 5.41) is 6.72. The van der Waals surface area contributed by atoms with Crippen LogP contribution in [0.3, 0.4) is 0 Å². The third-order valence-corrected chi connectivity index (χ3v) is 3.18. The standard InChI is InChI=1S/C16H14FN3O3/c1-21-13-8-7-10(9-14(13)22-2)18-16-19-15(20-23-16)11-5-3-4-6-12(11)17/h3-9H,1-2H3,(H,18,19,20). The molecule has 0 unspecified atom stereocenters. The molecule has 7 heteroatoms. The molecule has 0 radical (unpaired) electrons. The number of aromatic nitrogens is 2. The van der Waals surface area contributed by atoms with E-state index in [1.807, 2.05) is 0 Å². The van der Waals surface area contributed by atoms with Crippen molar-refractivity contribution in [2.75, 3.05) is 19.5 Å². The lowest BCUT2D eigenvalue weighted by atomic mass is 10.2. The summed E-state index contributed by atoms with van der Waals surface area (Å²) in [5.41, 5.74) is 0.947. The van der Waals surface area contributed by atoms with E-state index in [1.165, 1.54) is 6.07 Å². The SMILES string of the molecule is COc1ccc(Nc2nc(-c3ccccc3F)no2)cc1OC. The summed E-state index contributed by atoms with van der Waals surface area (Å²) < 4.78 is 29.2. The van der Waals surface area contributed by atoms with Crippen LogP contribution in [0.5, 0.6) is 11.5 Å². The second kappa shape index (κ2) is 6.35. The third kappa shape index (κ3) is 3.08. The van der Waals surface area contributed by atoms with E-state index in [1.54, 1.807) is 50.6 Å². The minimum atomic E-state index is -0.411. The van der Waals surface area contributed by atoms with Crippen LogP contribution in [0.1, 0.15) is 0 Å². The molecule has 2 aromatic carbocycles. The molecule has 0 spiro atoms. The molecule has 0 aliphatic heterocycles. The molecule has 0 saturated heterocycles. The van der Waals surface area contributed by atoms with Crippen molar-refractivity contribution in [3.63, 3.8) is 0 Å². The van der Waals surface area contributed by atoms with E-state index in [2.05, 4.69) is 15.5 Å². The molecule has 118 valence electrons. The molecule has 23 heavy (non-hydrogen) atoms. The molecule has 1 heterocycles. The molecule has 6 nitrogen and oxygen atoms in total. The smallest absolute Gasteiger partial charge is 0.326 e. The van der Waals surface area contributed by atoms with Gasteiger partial charge >= 0.3 is 6.01 Å². The van der Waals surface area contributed by atoms with Crippen LogP contribution in [0, 0.1) is 5.82 Å². The van der Waals surface area contributed by atoms with Crippen molar-refractivity contribution in [2.24, 2.45) is 0 Å². The van der Waals surface area contributed by atoms with E-state index < -0.39 is 5.82 Å². The number of methoxy groups -OCH3 is 2. The molecule has 0 amide bonds. The second-order valence-corrected chi connectivity index (χ2v) is 4.60. The van der Waals surface area contributed by atoms with E-state index in [0.717, 1.165) is 0 Å². The van der Waals surface area contributed by atoms with Crippen LogP contribution in [0.4, 0.5) is 16.1 Å². The number of hydrogen-bond donors (Lipinski definition) is 1. The predicted octanol–water partition coefficient (Wildman–Crippen LogP) is 3.64. The van der Waals surface area contributed by atoms with Crippen LogP contribution >= 0.6 is 0 Å². The van der Waals surface area contributed by atoms with E-state index in [4.69, 9.17) is 14.0 Å². The zero-order valence-electron chi connectivity index (χ0n) is 12.5. The summed E-state index contributed by atoms with van der Waals surface area (Å²) in [6.07, 6.45) is 0. The van der Waals surface area contributed by atoms with Crippen molar-refractivity contribution in [1.82, 2.24) is 10.1 Å². The lowest BCUT2D eigenvalue weighted by molar-refractivity contribution is 0.355. The summed E-state index contributed by atoms with van der Waals surface area (Å²) >= 11 is 0. The fourth-order valence-electron chi connectivity index (χ4n) is 2.06. The van der Waals surface area contributed by atoms with Gasteiger partial charge in [0.2, 0.25) is 5.82 Å². The van der Waals surface area contributed by atoms with Gasteiger partial charge in [-0.15, -0.1) is 0 Å². The third-order valence-electron chi connectivity index (χ3n) is 3.18. The van der Waals surface area contributed by atoms with Crippen LogP contribution in [0.2, 0.25) is 0 Å². The first-order chi connectivity index (χ1) is 11.2. The number of anilines is 2. The molecular weight excluding hydrogens is 301 g/mol. The lowest BCUT2D eigenvalue weighted by Gasteiger charge is -2.09. The molecule has 0 aliphatic carbocycles. The first-order valence-corrected chi connectivity index (χ1v) is 6.79. The molecule has 0 bridgehead atoms. The largest absolute Gasteiger partial charge is 0.493 e. The maximum Gasteiger partial charge on any atom is 0.326 e. The topological polar surface area (TPSA) is 69.4 Å². The van der Waals surface area contributed by atoms with E-state index in [0.29, 0.717) is 17.2 Å². The van der Waals surface area contributed by atoms with Gasteiger partial charge in [0.1, 0.15) is 5.82 Å². The van der Waals surface area contributed by atoms with E-state index in [-0.39, 0.29) is 17.4 Å². The number of ether oxygens (including phenoxy) is 2. The zero-order valence-corrected chi connectivity index (χ0v) is 12.5. The van der Waals surface area contributed by atoms with Gasteiger partial charge in [0.25, 0.3) is 0 Å². The first-order valence-electron chi connectivity index (χ1n) is 6.79. The molecule has 3 rings (SSSR count). The summed E-state index contributed by atoms with van der Waals surface area (Å²) in [5.74, 6) is 0.930. The Bertz CT molecular complexity index is 820. The number of nitrogens with zero attached hydrogens (tertiary/aromatic N) is 2. The van der Waals surface area contributed by atoms with Gasteiger partial charge in [0.15, 0.2) is 11.5 Å². The van der Waals surface area contributed by atoms with Crippen LogP contribution < -0.4 is 14.8 Å². The Kier molecular flexibility index (Phi) is 4.09. The highest BCUT2D eigenvalue weighted by Gasteiger charge is 2.13. The maximum atomic E-state index is 13.7. The van der Waals surface area contributed by atoms with Crippen LogP contribution in [-0.2, 0) is 0 Å². The van der Waals surface area contributed by atoms with Crippen molar-refractivity contribution >= 4 is 11.7 Å². The Hall–Kier alpha value is -3.09. The van der Waals surface area contributed by atoms with Crippen LogP contribution in [-0.4, -0.2) is 24.4 Å². The lowest BCUT2D eigenvalue weighted by Crippen LogP contribution is -1.94. The second-order valence-electron chi connectivity index (χ2n) is 4.60. The number of nitrogens with one attached hydrogen (secondary N) is 1. The van der Waals surface area contributed by atoms with Gasteiger partial charge < -0.3 is 19.3 Å². The van der Waals surface area contributed by atoms with E-state index in [9.17, 15) is 4.39 Å². The number of halogens is 1. The summed E-state index contributed by atoms with van der Waals surface area (Å²) in [7, 11) is 3.11. The van der Waals surface area contributed by atoms with Gasteiger partial charge in [-0.05, 0) is 24.3 Å². The van der Waals surface area contributed by atoms with Gasteiger partial charge in [0.05, 0.1) is 19.8 Å². The van der Waals surface area contributed by atoms with Crippen LogP contribution in [0.25, 0.3) is 11.4 Å². The van der Waals surface area contributed by atoms with Crippen molar-refractivity contribution in [2.45, 2.75) is 0 Å². The van der Waals surface area contributed by atoms with Crippen LogP contribution in [0.15, 0.2) is 47.0 Å². The Morgan fingerprint density at radius 1 is 1.04 bits per heavy atom. The minimum absolute atomic E-state index is 0.149. The normalized spacial score (nSPS) is 10.4. The Labute approximate surface area is 131 Å². The highest BCUT2D eigenvalue weighted by molar-refractivity contribution is 5.61. The Morgan fingerprint density at radius 2 is 1.83 bits per heavy atom. The Balaban J connectivity index is 1.83. The van der Waals surface area contributed by atoms with Crippen molar-refractivity contribution < 1.29 is 18.4 Å². The monoisotopic (exact) mass is 315 g/mol. The maximum absolute atomic E-state index is 13.7. The summed E-state index contributed by atoms with van der Waals surface area (Å²) in [6.45, 7) is 0. The highest BCUT2D eigenvalue weighted by atomic mass is 19.1. The summed E-state index contributed by atoms with van der Waals surface area (Å²) in [6, 6.07) is 11.6. The van der Waals surface area contributed by atoms with Crippen molar-refractivity contribution in [3.8, 4) is 22.9 Å². The van der Waals surface area contributed by atoms with Gasteiger partial charge in [-0.25, -0.2) is 4.39 Å². The molecule has 0 atom stereocenters. The van der Waals surface area contributed by atoms with E-state index >= 15 is 0 Å². The molecular formula is C16H14FN3O3. The zero-order chi connectivity index (χ0) is 16.2. The molecule has 0 aliphatic rings. The number of benzene rings is 2. The number of hydrogen-bond acceptors (Lipinski definition) is 6. The van der Waals surface area contributed by atoms with Gasteiger partial charge in [-0.3, -0.25) is 0 Å². The fourth-order valence-corrected chi connectivity index (χ4v) is 2.06. The predicted molar refractivity (Wildman–Crippen MR) is 82.5 cm³/mol. The van der Waals surface area contributed by atoms with Crippen molar-refractivity contribution in [1.29, 1.82) is 0 Å².